The summed E-state index contributed by atoms with van der Waals surface area (Å²) in [6.45, 7) is 5.99. The van der Waals surface area contributed by atoms with Gasteiger partial charge in [-0.2, -0.15) is 0 Å². The fourth-order valence-corrected chi connectivity index (χ4v) is 1.88. The third kappa shape index (κ3) is 6.06. The molecule has 0 saturated carbocycles. The van der Waals surface area contributed by atoms with Crippen molar-refractivity contribution >= 4 is 33.6 Å². The second-order valence-electron chi connectivity index (χ2n) is 4.85. The van der Waals surface area contributed by atoms with Gasteiger partial charge in [0.25, 0.3) is 0 Å². The first-order valence-corrected chi connectivity index (χ1v) is 7.14. The summed E-state index contributed by atoms with van der Waals surface area (Å²) in [5.41, 5.74) is 1.66. The molecule has 6 heteroatoms. The minimum Gasteiger partial charge on any atom is -0.449 e. The molecule has 1 aromatic rings. The Kier molecular flexibility index (Phi) is 6.51. The lowest BCUT2D eigenvalue weighted by Gasteiger charge is -2.10. The topological polar surface area (TPSA) is 67.4 Å². The first kappa shape index (κ1) is 16.5. The molecule has 110 valence electrons. The molecule has 0 heterocycles. The molecule has 0 radical (unpaired) electrons. The maximum atomic E-state index is 11.7. The number of hydrogen-bond donors (Lipinski definition) is 2. The number of carbonyl (C=O) groups excluding carboxylic acids is 2. The van der Waals surface area contributed by atoms with E-state index in [1.165, 1.54) is 0 Å². The summed E-state index contributed by atoms with van der Waals surface area (Å²) >= 11 is 3.35. The third-order valence-electron chi connectivity index (χ3n) is 2.40. The highest BCUT2D eigenvalue weighted by atomic mass is 79.9. The predicted octanol–water partition coefficient (Wildman–Crippen LogP) is 3.08. The Balaban J connectivity index is 2.38. The van der Waals surface area contributed by atoms with Crippen LogP contribution in [0.4, 0.5) is 10.5 Å². The van der Waals surface area contributed by atoms with Gasteiger partial charge < -0.3 is 15.4 Å². The van der Waals surface area contributed by atoms with Crippen LogP contribution in [0.15, 0.2) is 22.7 Å². The minimum absolute atomic E-state index is 0.119. The average molecular weight is 343 g/mol. The van der Waals surface area contributed by atoms with Gasteiger partial charge in [0.2, 0.25) is 5.91 Å². The van der Waals surface area contributed by atoms with Gasteiger partial charge in [-0.1, -0.05) is 29.8 Å². The monoisotopic (exact) mass is 342 g/mol. The van der Waals surface area contributed by atoms with Gasteiger partial charge in [0, 0.05) is 10.2 Å². The van der Waals surface area contributed by atoms with Gasteiger partial charge in [0.05, 0.1) is 6.61 Å². The molecule has 0 aliphatic heterocycles. The van der Waals surface area contributed by atoms with Gasteiger partial charge in [-0.3, -0.25) is 4.79 Å². The molecule has 0 aromatic heterocycles. The average Bonchev–Trinajstić information content (AvgIpc) is 2.37. The van der Waals surface area contributed by atoms with Crippen molar-refractivity contribution in [3.8, 4) is 0 Å². The molecule has 0 fully saturated rings. The fourth-order valence-electron chi connectivity index (χ4n) is 1.41. The zero-order valence-electron chi connectivity index (χ0n) is 11.8. The number of alkyl carbamates (subject to hydrolysis) is 1. The number of anilines is 1. The van der Waals surface area contributed by atoms with Crippen LogP contribution < -0.4 is 10.6 Å². The zero-order chi connectivity index (χ0) is 15.1. The number of nitrogens with one attached hydrogen (secondary N) is 2. The van der Waals surface area contributed by atoms with E-state index in [4.69, 9.17) is 4.74 Å². The van der Waals surface area contributed by atoms with Crippen molar-refractivity contribution in [1.29, 1.82) is 0 Å². The van der Waals surface area contributed by atoms with Crippen LogP contribution in [-0.2, 0) is 9.53 Å². The van der Waals surface area contributed by atoms with Crippen LogP contribution in [0.3, 0.4) is 0 Å². The van der Waals surface area contributed by atoms with Gasteiger partial charge >= 0.3 is 6.09 Å². The molecule has 0 bridgehead atoms. The molecule has 1 aromatic carbocycles. The Bertz CT molecular complexity index is 489. The summed E-state index contributed by atoms with van der Waals surface area (Å²) in [5.74, 6) is -0.0306. The molecule has 0 atom stereocenters. The van der Waals surface area contributed by atoms with E-state index in [1.54, 1.807) is 6.07 Å². The van der Waals surface area contributed by atoms with Gasteiger partial charge in [-0.25, -0.2) is 4.79 Å². The molecular formula is C14H19BrN2O3. The molecule has 2 N–H and O–H groups in total. The van der Waals surface area contributed by atoms with E-state index in [1.807, 2.05) is 32.9 Å². The van der Waals surface area contributed by atoms with Crippen molar-refractivity contribution in [2.45, 2.75) is 20.8 Å². The Hall–Kier alpha value is -1.56. The van der Waals surface area contributed by atoms with Crippen LogP contribution in [0.5, 0.6) is 0 Å². The first-order valence-electron chi connectivity index (χ1n) is 6.35. The number of ether oxygens (including phenoxy) is 1. The minimum atomic E-state index is -0.582. The Labute approximate surface area is 127 Å². The highest BCUT2D eigenvalue weighted by molar-refractivity contribution is 9.10. The number of carbonyl (C=O) groups is 2. The van der Waals surface area contributed by atoms with Crippen molar-refractivity contribution in [3.05, 3.63) is 28.2 Å². The summed E-state index contributed by atoms with van der Waals surface area (Å²) in [4.78, 5) is 23.0. The largest absolute Gasteiger partial charge is 0.449 e. The molecule has 1 rings (SSSR count). The first-order chi connectivity index (χ1) is 9.38. The van der Waals surface area contributed by atoms with E-state index < -0.39 is 6.09 Å². The predicted molar refractivity (Wildman–Crippen MR) is 81.7 cm³/mol. The summed E-state index contributed by atoms with van der Waals surface area (Å²) in [7, 11) is 0. The lowest BCUT2D eigenvalue weighted by atomic mass is 10.2. The van der Waals surface area contributed by atoms with Crippen molar-refractivity contribution in [1.82, 2.24) is 5.32 Å². The Morgan fingerprint density at radius 2 is 2.05 bits per heavy atom. The number of rotatable bonds is 5. The summed E-state index contributed by atoms with van der Waals surface area (Å²) in [5, 5.41) is 5.13. The van der Waals surface area contributed by atoms with E-state index in [9.17, 15) is 9.59 Å². The third-order valence-corrected chi connectivity index (χ3v) is 2.90. The Morgan fingerprint density at radius 1 is 1.35 bits per heavy atom. The molecule has 0 aliphatic carbocycles. The summed E-state index contributed by atoms with van der Waals surface area (Å²) in [6, 6.07) is 5.54. The van der Waals surface area contributed by atoms with E-state index >= 15 is 0 Å². The van der Waals surface area contributed by atoms with Gasteiger partial charge in [-0.05, 0) is 36.6 Å². The maximum absolute atomic E-state index is 11.7. The summed E-state index contributed by atoms with van der Waals surface area (Å²) < 4.78 is 5.85. The van der Waals surface area contributed by atoms with Crippen molar-refractivity contribution in [3.63, 3.8) is 0 Å². The van der Waals surface area contributed by atoms with Crippen molar-refractivity contribution in [2.24, 2.45) is 5.92 Å². The lowest BCUT2D eigenvalue weighted by molar-refractivity contribution is -0.115. The van der Waals surface area contributed by atoms with Crippen LogP contribution in [-0.4, -0.2) is 25.2 Å². The van der Waals surface area contributed by atoms with Crippen molar-refractivity contribution in [2.75, 3.05) is 18.5 Å². The number of benzene rings is 1. The molecular weight excluding hydrogens is 324 g/mol. The molecule has 0 unspecified atom stereocenters. The molecule has 0 spiro atoms. The van der Waals surface area contributed by atoms with Crippen LogP contribution in [0.25, 0.3) is 0 Å². The zero-order valence-corrected chi connectivity index (χ0v) is 13.4. The SMILES string of the molecule is Cc1cc(Br)ccc1NC(=O)CNC(=O)OCC(C)C. The standard InChI is InChI=1S/C14H19BrN2O3/c1-9(2)8-20-14(19)16-7-13(18)17-12-5-4-11(15)6-10(12)3/h4-6,9H,7-8H2,1-3H3,(H,16,19)(H,17,18). The fraction of sp³-hybridized carbons (Fsp3) is 0.429. The molecule has 20 heavy (non-hydrogen) atoms. The lowest BCUT2D eigenvalue weighted by Crippen LogP contribution is -2.33. The number of halogens is 1. The van der Waals surface area contributed by atoms with Crippen LogP contribution in [0.2, 0.25) is 0 Å². The molecule has 0 saturated heterocycles. The number of hydrogen-bond acceptors (Lipinski definition) is 3. The quantitative estimate of drug-likeness (QED) is 0.863. The van der Waals surface area contributed by atoms with Crippen molar-refractivity contribution < 1.29 is 14.3 Å². The van der Waals surface area contributed by atoms with E-state index in [2.05, 4.69) is 26.6 Å². The molecule has 0 aliphatic rings. The van der Waals surface area contributed by atoms with E-state index in [0.29, 0.717) is 6.61 Å². The second kappa shape index (κ2) is 7.89. The highest BCUT2D eigenvalue weighted by Gasteiger charge is 2.08. The molecule has 2 amide bonds. The van der Waals surface area contributed by atoms with Crippen LogP contribution in [0, 0.1) is 12.8 Å². The number of amides is 2. The maximum Gasteiger partial charge on any atom is 0.407 e. The van der Waals surface area contributed by atoms with Crippen LogP contribution >= 0.6 is 15.9 Å². The summed E-state index contributed by atoms with van der Waals surface area (Å²) in [6.07, 6.45) is -0.582. The Morgan fingerprint density at radius 3 is 2.65 bits per heavy atom. The van der Waals surface area contributed by atoms with Gasteiger partial charge in [-0.15, -0.1) is 0 Å². The number of aryl methyl sites for hydroxylation is 1. The van der Waals surface area contributed by atoms with Crippen LogP contribution in [0.1, 0.15) is 19.4 Å². The highest BCUT2D eigenvalue weighted by Crippen LogP contribution is 2.19. The van der Waals surface area contributed by atoms with E-state index in [0.717, 1.165) is 15.7 Å². The van der Waals surface area contributed by atoms with Gasteiger partial charge in [0.1, 0.15) is 6.54 Å². The molecule has 5 nitrogen and oxygen atoms in total. The normalized spacial score (nSPS) is 10.2. The van der Waals surface area contributed by atoms with Gasteiger partial charge in [0.15, 0.2) is 0 Å². The second-order valence-corrected chi connectivity index (χ2v) is 5.77. The smallest absolute Gasteiger partial charge is 0.407 e. The van der Waals surface area contributed by atoms with E-state index in [-0.39, 0.29) is 18.4 Å².